The molecule has 1 aliphatic carbocycles. The van der Waals surface area contributed by atoms with Crippen molar-refractivity contribution in [3.63, 3.8) is 0 Å². The number of hydrogen-bond donors (Lipinski definition) is 1. The van der Waals surface area contributed by atoms with Gasteiger partial charge in [0.1, 0.15) is 6.04 Å². The predicted octanol–water partition coefficient (Wildman–Crippen LogP) is 1.83. The molecule has 6 nitrogen and oxygen atoms in total. The Morgan fingerprint density at radius 3 is 2.67 bits per heavy atom. The van der Waals surface area contributed by atoms with E-state index in [-0.39, 0.29) is 0 Å². The summed E-state index contributed by atoms with van der Waals surface area (Å²) in [6.07, 6.45) is 8.36. The van der Waals surface area contributed by atoms with Crippen LogP contribution in [-0.2, 0) is 11.2 Å². The number of carboxylic acids is 1. The molecule has 0 bridgehead atoms. The van der Waals surface area contributed by atoms with Crippen LogP contribution >= 0.6 is 0 Å². The second-order valence-corrected chi connectivity index (χ2v) is 5.12. The molecule has 1 aromatic heterocycles. The Bertz CT molecular complexity index is 397. The molecular weight excluding hydrogens is 232 g/mol. The smallest absolute Gasteiger partial charge is 0.328 e. The zero-order chi connectivity index (χ0) is 13.0. The molecule has 1 heterocycles. The Morgan fingerprint density at radius 1 is 1.39 bits per heavy atom. The van der Waals surface area contributed by atoms with Gasteiger partial charge in [-0.25, -0.2) is 9.48 Å². The van der Waals surface area contributed by atoms with E-state index >= 15 is 0 Å². The SMILES string of the molecule is CC(C(=O)O)n1nnnc1CC1CCCCCC1. The maximum atomic E-state index is 11.0. The Morgan fingerprint density at radius 2 is 2.06 bits per heavy atom. The van der Waals surface area contributed by atoms with Gasteiger partial charge in [0.05, 0.1) is 0 Å². The van der Waals surface area contributed by atoms with Crippen LogP contribution in [-0.4, -0.2) is 31.3 Å². The van der Waals surface area contributed by atoms with Crippen molar-refractivity contribution in [1.82, 2.24) is 20.2 Å². The highest BCUT2D eigenvalue weighted by molar-refractivity contribution is 5.71. The van der Waals surface area contributed by atoms with Crippen LogP contribution in [0.1, 0.15) is 57.3 Å². The summed E-state index contributed by atoms with van der Waals surface area (Å²) in [5.74, 6) is 0.402. The first-order valence-corrected chi connectivity index (χ1v) is 6.68. The lowest BCUT2D eigenvalue weighted by Crippen LogP contribution is -2.21. The Hall–Kier alpha value is -1.46. The van der Waals surface area contributed by atoms with Gasteiger partial charge in [-0.05, 0) is 23.3 Å². The minimum absolute atomic E-state index is 0.596. The lowest BCUT2D eigenvalue weighted by atomic mass is 9.96. The maximum Gasteiger partial charge on any atom is 0.328 e. The highest BCUT2D eigenvalue weighted by atomic mass is 16.4. The van der Waals surface area contributed by atoms with Crippen molar-refractivity contribution in [1.29, 1.82) is 0 Å². The van der Waals surface area contributed by atoms with Crippen LogP contribution in [0.2, 0.25) is 0 Å². The summed E-state index contributed by atoms with van der Waals surface area (Å²) in [6, 6.07) is -0.694. The molecule has 1 aliphatic rings. The zero-order valence-electron chi connectivity index (χ0n) is 10.7. The van der Waals surface area contributed by atoms with Crippen molar-refractivity contribution in [2.45, 2.75) is 57.9 Å². The Kier molecular flexibility index (Phi) is 4.28. The topological polar surface area (TPSA) is 80.9 Å². The van der Waals surface area contributed by atoms with Crippen molar-refractivity contribution in [2.24, 2.45) is 5.92 Å². The minimum Gasteiger partial charge on any atom is -0.480 e. The van der Waals surface area contributed by atoms with Crippen molar-refractivity contribution >= 4 is 5.97 Å². The zero-order valence-corrected chi connectivity index (χ0v) is 10.7. The number of aliphatic carboxylic acids is 1. The van der Waals surface area contributed by atoms with Gasteiger partial charge in [-0.3, -0.25) is 0 Å². The van der Waals surface area contributed by atoms with Gasteiger partial charge < -0.3 is 5.11 Å². The van der Waals surface area contributed by atoms with Gasteiger partial charge in [-0.2, -0.15) is 0 Å². The van der Waals surface area contributed by atoms with E-state index in [0.717, 1.165) is 6.42 Å². The van der Waals surface area contributed by atoms with Crippen LogP contribution in [0, 0.1) is 5.92 Å². The molecule has 6 heteroatoms. The first kappa shape index (κ1) is 13.0. The fourth-order valence-corrected chi connectivity index (χ4v) is 2.58. The van der Waals surface area contributed by atoms with Crippen LogP contribution in [0.4, 0.5) is 0 Å². The molecule has 1 unspecified atom stereocenters. The van der Waals surface area contributed by atoms with Crippen LogP contribution in [0.5, 0.6) is 0 Å². The Labute approximate surface area is 106 Å². The van der Waals surface area contributed by atoms with Gasteiger partial charge in [-0.1, -0.05) is 38.5 Å². The van der Waals surface area contributed by atoms with E-state index in [2.05, 4.69) is 15.5 Å². The number of nitrogens with zero attached hydrogens (tertiary/aromatic N) is 4. The molecule has 100 valence electrons. The van der Waals surface area contributed by atoms with E-state index in [0.29, 0.717) is 11.7 Å². The minimum atomic E-state index is -0.899. The molecule has 0 radical (unpaired) electrons. The van der Waals surface area contributed by atoms with E-state index in [1.54, 1.807) is 6.92 Å². The molecule has 1 N–H and O–H groups in total. The summed E-state index contributed by atoms with van der Waals surface area (Å²) in [6.45, 7) is 1.61. The molecule has 18 heavy (non-hydrogen) atoms. The van der Waals surface area contributed by atoms with Crippen molar-refractivity contribution in [3.8, 4) is 0 Å². The first-order valence-electron chi connectivity index (χ1n) is 6.68. The van der Waals surface area contributed by atoms with Crippen molar-refractivity contribution in [3.05, 3.63) is 5.82 Å². The highest BCUT2D eigenvalue weighted by Gasteiger charge is 2.22. The third kappa shape index (κ3) is 3.05. The van der Waals surface area contributed by atoms with Crippen LogP contribution < -0.4 is 0 Å². The molecule has 1 aromatic rings. The number of aromatic nitrogens is 4. The van der Waals surface area contributed by atoms with Gasteiger partial charge in [0.15, 0.2) is 5.82 Å². The largest absolute Gasteiger partial charge is 0.480 e. The number of carbonyl (C=O) groups is 1. The lowest BCUT2D eigenvalue weighted by molar-refractivity contribution is -0.140. The summed E-state index contributed by atoms with van der Waals surface area (Å²) in [4.78, 5) is 11.0. The molecular formula is C12H20N4O2. The van der Waals surface area contributed by atoms with E-state index in [1.165, 1.54) is 43.2 Å². The highest BCUT2D eigenvalue weighted by Crippen LogP contribution is 2.25. The molecule has 2 rings (SSSR count). The molecule has 1 atom stereocenters. The molecule has 0 spiro atoms. The lowest BCUT2D eigenvalue weighted by Gasteiger charge is -2.14. The maximum absolute atomic E-state index is 11.0. The molecule has 1 saturated carbocycles. The molecule has 0 saturated heterocycles. The summed E-state index contributed by atoms with van der Waals surface area (Å²) >= 11 is 0. The molecule has 0 amide bonds. The normalized spacial score (nSPS) is 19.4. The third-order valence-corrected chi connectivity index (χ3v) is 3.73. The van der Waals surface area contributed by atoms with Gasteiger partial charge in [0.2, 0.25) is 0 Å². The summed E-state index contributed by atoms with van der Waals surface area (Å²) in [5.41, 5.74) is 0. The van der Waals surface area contributed by atoms with Crippen LogP contribution in [0.3, 0.4) is 0 Å². The summed E-state index contributed by atoms with van der Waals surface area (Å²) in [7, 11) is 0. The second-order valence-electron chi connectivity index (χ2n) is 5.12. The average Bonchev–Trinajstić information content (AvgIpc) is 2.63. The standard InChI is InChI=1S/C12H20N4O2/c1-9(12(17)18)16-11(13-14-15-16)8-10-6-4-2-3-5-7-10/h9-10H,2-8H2,1H3,(H,17,18). The Balaban J connectivity index is 2.04. The number of hydrogen-bond acceptors (Lipinski definition) is 4. The van der Waals surface area contributed by atoms with Crippen LogP contribution in [0.15, 0.2) is 0 Å². The molecule has 0 aromatic carbocycles. The fourth-order valence-electron chi connectivity index (χ4n) is 2.58. The summed E-state index contributed by atoms with van der Waals surface area (Å²) in [5, 5.41) is 20.4. The van der Waals surface area contributed by atoms with E-state index in [4.69, 9.17) is 5.11 Å². The quantitative estimate of drug-likeness (QED) is 0.827. The number of rotatable bonds is 4. The van der Waals surface area contributed by atoms with Gasteiger partial charge >= 0.3 is 5.97 Å². The fraction of sp³-hybridized carbons (Fsp3) is 0.833. The number of tetrazole rings is 1. The van der Waals surface area contributed by atoms with E-state index in [1.807, 2.05) is 0 Å². The molecule has 1 fully saturated rings. The molecule has 0 aliphatic heterocycles. The van der Waals surface area contributed by atoms with Gasteiger partial charge in [0.25, 0.3) is 0 Å². The summed E-state index contributed by atoms with van der Waals surface area (Å²) < 4.78 is 1.44. The predicted molar refractivity (Wildman–Crippen MR) is 65.1 cm³/mol. The van der Waals surface area contributed by atoms with Crippen LogP contribution in [0.25, 0.3) is 0 Å². The van der Waals surface area contributed by atoms with E-state index in [9.17, 15) is 4.79 Å². The first-order chi connectivity index (χ1) is 8.68. The van der Waals surface area contributed by atoms with Crippen molar-refractivity contribution < 1.29 is 9.90 Å². The van der Waals surface area contributed by atoms with E-state index < -0.39 is 12.0 Å². The van der Waals surface area contributed by atoms with Gasteiger partial charge in [-0.15, -0.1) is 5.10 Å². The van der Waals surface area contributed by atoms with Crippen molar-refractivity contribution in [2.75, 3.05) is 0 Å². The average molecular weight is 252 g/mol. The number of carboxylic acid groups (broad SMARTS) is 1. The monoisotopic (exact) mass is 252 g/mol. The van der Waals surface area contributed by atoms with Gasteiger partial charge in [0, 0.05) is 6.42 Å². The third-order valence-electron chi connectivity index (χ3n) is 3.73. The second kappa shape index (κ2) is 5.93.